The summed E-state index contributed by atoms with van der Waals surface area (Å²) in [5, 5.41) is 2.53. The summed E-state index contributed by atoms with van der Waals surface area (Å²) in [6.45, 7) is 8.34. The number of nitrogens with one attached hydrogen (secondary N) is 1. The minimum absolute atomic E-state index is 0.609. The first-order chi connectivity index (χ1) is 5.66. The fourth-order valence-corrected chi connectivity index (χ4v) is 1.49. The first-order valence-electron chi connectivity index (χ1n) is 3.84. The lowest BCUT2D eigenvalue weighted by Crippen LogP contribution is -2.38. The third-order valence-electron chi connectivity index (χ3n) is 1.92. The van der Waals surface area contributed by atoms with Crippen LogP contribution in [-0.2, 0) is 0 Å². The van der Waals surface area contributed by atoms with E-state index in [1.165, 1.54) is 0 Å². The SMILES string of the molecule is C=CC1=C(C(=C)Cl)CCNN1C. The minimum Gasteiger partial charge on any atom is -0.311 e. The standard InChI is InChI=1S/C9H13ClN2/c1-4-9-8(7(2)10)5-6-11-12(9)3/h4,11H,1-2,5-6H2,3H3. The molecule has 1 heterocycles. The zero-order valence-corrected chi connectivity index (χ0v) is 7.99. The molecule has 0 unspecified atom stereocenters. The molecule has 1 rings (SSSR count). The number of allylic oxidation sites excluding steroid dienone is 2. The lowest BCUT2D eigenvalue weighted by atomic mass is 10.1. The summed E-state index contributed by atoms with van der Waals surface area (Å²) in [6, 6.07) is 0. The van der Waals surface area contributed by atoms with Gasteiger partial charge in [-0.1, -0.05) is 24.8 Å². The average molecular weight is 185 g/mol. The second-order valence-corrected chi connectivity index (χ2v) is 3.15. The molecule has 2 nitrogen and oxygen atoms in total. The molecule has 0 amide bonds. The summed E-state index contributed by atoms with van der Waals surface area (Å²) in [4.78, 5) is 0. The zero-order chi connectivity index (χ0) is 9.14. The Morgan fingerprint density at radius 1 is 1.75 bits per heavy atom. The topological polar surface area (TPSA) is 15.3 Å². The van der Waals surface area contributed by atoms with Crippen LogP contribution in [0.1, 0.15) is 6.42 Å². The number of nitrogens with zero attached hydrogens (tertiary/aromatic N) is 1. The highest BCUT2D eigenvalue weighted by atomic mass is 35.5. The molecule has 0 atom stereocenters. The van der Waals surface area contributed by atoms with Gasteiger partial charge in [0.25, 0.3) is 0 Å². The maximum atomic E-state index is 5.84. The number of rotatable bonds is 2. The van der Waals surface area contributed by atoms with Crippen LogP contribution in [0.5, 0.6) is 0 Å². The molecule has 0 aromatic rings. The predicted molar refractivity (Wildman–Crippen MR) is 52.6 cm³/mol. The fourth-order valence-electron chi connectivity index (χ4n) is 1.30. The van der Waals surface area contributed by atoms with Crippen LogP contribution in [0.2, 0.25) is 0 Å². The third kappa shape index (κ3) is 1.71. The van der Waals surface area contributed by atoms with Crippen molar-refractivity contribution in [1.29, 1.82) is 0 Å². The third-order valence-corrected chi connectivity index (χ3v) is 2.14. The Kier molecular flexibility index (Phi) is 2.95. The van der Waals surface area contributed by atoms with E-state index in [1.54, 1.807) is 6.08 Å². The van der Waals surface area contributed by atoms with E-state index in [-0.39, 0.29) is 0 Å². The Labute approximate surface area is 78.2 Å². The van der Waals surface area contributed by atoms with E-state index in [0.29, 0.717) is 5.03 Å². The molecule has 0 aromatic heterocycles. The Bertz CT molecular complexity index is 243. The second-order valence-electron chi connectivity index (χ2n) is 2.69. The van der Waals surface area contributed by atoms with E-state index in [0.717, 1.165) is 24.2 Å². The van der Waals surface area contributed by atoms with Crippen molar-refractivity contribution in [3.05, 3.63) is 35.5 Å². The number of likely N-dealkylation sites (N-methyl/N-ethyl adjacent to an activating group) is 1. The van der Waals surface area contributed by atoms with Crippen molar-refractivity contribution in [1.82, 2.24) is 10.4 Å². The molecule has 1 aliphatic heterocycles. The van der Waals surface area contributed by atoms with Crippen molar-refractivity contribution in [2.24, 2.45) is 0 Å². The highest BCUT2D eigenvalue weighted by molar-refractivity contribution is 6.31. The first kappa shape index (κ1) is 9.36. The van der Waals surface area contributed by atoms with Crippen LogP contribution in [0.3, 0.4) is 0 Å². The van der Waals surface area contributed by atoms with Gasteiger partial charge in [-0.3, -0.25) is 0 Å². The summed E-state index contributed by atoms with van der Waals surface area (Å²) in [7, 11) is 1.94. The van der Waals surface area contributed by atoms with Crippen LogP contribution in [-0.4, -0.2) is 18.6 Å². The van der Waals surface area contributed by atoms with E-state index >= 15 is 0 Å². The molecule has 0 aromatic carbocycles. The van der Waals surface area contributed by atoms with Crippen LogP contribution in [0.4, 0.5) is 0 Å². The summed E-state index contributed by atoms with van der Waals surface area (Å²) in [5.41, 5.74) is 5.26. The van der Waals surface area contributed by atoms with Gasteiger partial charge in [0.2, 0.25) is 0 Å². The molecule has 12 heavy (non-hydrogen) atoms. The van der Waals surface area contributed by atoms with Gasteiger partial charge in [-0.2, -0.15) is 0 Å². The van der Waals surface area contributed by atoms with Gasteiger partial charge in [0.1, 0.15) is 0 Å². The summed E-state index contributed by atoms with van der Waals surface area (Å²) >= 11 is 5.84. The predicted octanol–water partition coefficient (Wildman–Crippen LogP) is 2.02. The first-order valence-corrected chi connectivity index (χ1v) is 4.22. The average Bonchev–Trinajstić information content (AvgIpc) is 2.03. The monoisotopic (exact) mass is 184 g/mol. The molecule has 0 saturated heterocycles. The molecule has 0 bridgehead atoms. The van der Waals surface area contributed by atoms with Gasteiger partial charge in [-0.25, -0.2) is 5.43 Å². The molecule has 1 aliphatic rings. The van der Waals surface area contributed by atoms with Crippen LogP contribution >= 0.6 is 11.6 Å². The quantitative estimate of drug-likeness (QED) is 0.707. The van der Waals surface area contributed by atoms with E-state index in [2.05, 4.69) is 18.6 Å². The highest BCUT2D eigenvalue weighted by Gasteiger charge is 2.14. The Hall–Kier alpha value is -0.730. The fraction of sp³-hybridized carbons (Fsp3) is 0.333. The van der Waals surface area contributed by atoms with Crippen molar-refractivity contribution in [3.63, 3.8) is 0 Å². The van der Waals surface area contributed by atoms with Crippen molar-refractivity contribution in [2.75, 3.05) is 13.6 Å². The van der Waals surface area contributed by atoms with Crippen molar-refractivity contribution < 1.29 is 0 Å². The van der Waals surface area contributed by atoms with E-state index in [4.69, 9.17) is 11.6 Å². The van der Waals surface area contributed by atoms with Crippen LogP contribution in [0.25, 0.3) is 0 Å². The largest absolute Gasteiger partial charge is 0.311 e. The van der Waals surface area contributed by atoms with E-state index in [9.17, 15) is 0 Å². The Morgan fingerprint density at radius 2 is 2.42 bits per heavy atom. The maximum absolute atomic E-state index is 5.84. The number of hydrogen-bond acceptors (Lipinski definition) is 2. The van der Waals surface area contributed by atoms with E-state index < -0.39 is 0 Å². The van der Waals surface area contributed by atoms with Gasteiger partial charge in [0.05, 0.1) is 5.70 Å². The number of hydrazine groups is 1. The molecule has 0 spiro atoms. The highest BCUT2D eigenvalue weighted by Crippen LogP contribution is 2.24. The second kappa shape index (κ2) is 3.78. The van der Waals surface area contributed by atoms with Crippen molar-refractivity contribution >= 4 is 11.6 Å². The lowest BCUT2D eigenvalue weighted by molar-refractivity contribution is 0.290. The number of halogens is 1. The molecular weight excluding hydrogens is 172 g/mol. The van der Waals surface area contributed by atoms with Gasteiger partial charge in [0.15, 0.2) is 0 Å². The Balaban J connectivity index is 3.02. The van der Waals surface area contributed by atoms with Crippen molar-refractivity contribution in [2.45, 2.75) is 6.42 Å². The summed E-state index contributed by atoms with van der Waals surface area (Å²) < 4.78 is 0. The number of hydrogen-bond donors (Lipinski definition) is 1. The maximum Gasteiger partial charge on any atom is 0.0557 e. The lowest BCUT2D eigenvalue weighted by Gasteiger charge is -2.29. The summed E-state index contributed by atoms with van der Waals surface area (Å²) in [5.74, 6) is 0. The molecule has 0 saturated carbocycles. The van der Waals surface area contributed by atoms with Gasteiger partial charge < -0.3 is 5.01 Å². The van der Waals surface area contributed by atoms with E-state index in [1.807, 2.05) is 12.1 Å². The van der Waals surface area contributed by atoms with Gasteiger partial charge >= 0.3 is 0 Å². The molecule has 3 heteroatoms. The van der Waals surface area contributed by atoms with Crippen molar-refractivity contribution in [3.8, 4) is 0 Å². The van der Waals surface area contributed by atoms with Gasteiger partial charge in [0, 0.05) is 18.6 Å². The van der Waals surface area contributed by atoms with Gasteiger partial charge in [-0.15, -0.1) is 0 Å². The smallest absolute Gasteiger partial charge is 0.0557 e. The molecule has 0 fully saturated rings. The zero-order valence-electron chi connectivity index (χ0n) is 7.23. The van der Waals surface area contributed by atoms with Crippen LogP contribution in [0.15, 0.2) is 35.5 Å². The van der Waals surface area contributed by atoms with Gasteiger partial charge in [-0.05, 0) is 18.1 Å². The molecular formula is C9H13ClN2. The van der Waals surface area contributed by atoms with Crippen LogP contribution < -0.4 is 5.43 Å². The molecule has 1 N–H and O–H groups in total. The minimum atomic E-state index is 0.609. The molecule has 66 valence electrons. The van der Waals surface area contributed by atoms with Crippen LogP contribution in [0, 0.1) is 0 Å². The Morgan fingerprint density at radius 3 is 2.83 bits per heavy atom. The molecule has 0 radical (unpaired) electrons. The normalized spacial score (nSPS) is 18.0. The molecule has 0 aliphatic carbocycles. The summed E-state index contributed by atoms with van der Waals surface area (Å²) in [6.07, 6.45) is 2.70.